The van der Waals surface area contributed by atoms with E-state index in [0.29, 0.717) is 5.92 Å². The van der Waals surface area contributed by atoms with Crippen LogP contribution in [0.3, 0.4) is 0 Å². The first-order valence-electron chi connectivity index (χ1n) is 7.05. The third-order valence-electron chi connectivity index (χ3n) is 3.01. The summed E-state index contributed by atoms with van der Waals surface area (Å²) in [5, 5.41) is 13.6. The van der Waals surface area contributed by atoms with Crippen LogP contribution < -0.4 is 10.1 Å². The molecule has 0 radical (unpaired) electrons. The lowest BCUT2D eigenvalue weighted by molar-refractivity contribution is -0.385. The van der Waals surface area contributed by atoms with Crippen molar-refractivity contribution in [2.24, 2.45) is 5.92 Å². The van der Waals surface area contributed by atoms with Crippen molar-refractivity contribution in [2.75, 3.05) is 6.61 Å². The van der Waals surface area contributed by atoms with Gasteiger partial charge in [-0.25, -0.2) is 0 Å². The zero-order chi connectivity index (χ0) is 15.8. The van der Waals surface area contributed by atoms with Gasteiger partial charge in [0.15, 0.2) is 12.4 Å². The van der Waals surface area contributed by atoms with Gasteiger partial charge in [0.05, 0.1) is 4.92 Å². The molecule has 1 N–H and O–H groups in total. The minimum atomic E-state index is -0.529. The molecule has 0 aliphatic heterocycles. The highest BCUT2D eigenvalue weighted by atomic mass is 16.6. The average Bonchev–Trinajstić information content (AvgIpc) is 2.43. The normalized spacial score (nSPS) is 12.0. The summed E-state index contributed by atoms with van der Waals surface area (Å²) in [6.45, 7) is 5.97. The number of nitro groups is 1. The molecule has 1 atom stereocenters. The Morgan fingerprint density at radius 1 is 1.29 bits per heavy atom. The lowest BCUT2D eigenvalue weighted by Crippen LogP contribution is -2.36. The van der Waals surface area contributed by atoms with E-state index in [0.717, 1.165) is 12.8 Å². The Labute approximate surface area is 124 Å². The van der Waals surface area contributed by atoms with Gasteiger partial charge in [0.1, 0.15) is 0 Å². The standard InChI is InChI=1S/C15H22N2O4/c1-11(2)8-9-12(3)16-15(18)10-21-14-7-5-4-6-13(14)17(19)20/h4-7,11-12H,8-10H2,1-3H3,(H,16,18). The molecule has 0 heterocycles. The monoisotopic (exact) mass is 294 g/mol. The molecule has 1 amide bonds. The summed E-state index contributed by atoms with van der Waals surface area (Å²) in [6.07, 6.45) is 1.93. The van der Waals surface area contributed by atoms with Crippen LogP contribution in [0.4, 0.5) is 5.69 Å². The summed E-state index contributed by atoms with van der Waals surface area (Å²) in [5.41, 5.74) is -0.141. The van der Waals surface area contributed by atoms with Crippen molar-refractivity contribution in [3.8, 4) is 5.75 Å². The summed E-state index contributed by atoms with van der Waals surface area (Å²) in [5.74, 6) is 0.421. The van der Waals surface area contributed by atoms with Crippen molar-refractivity contribution in [3.63, 3.8) is 0 Å². The van der Waals surface area contributed by atoms with Crippen LogP contribution in [-0.4, -0.2) is 23.5 Å². The van der Waals surface area contributed by atoms with Crippen LogP contribution in [0.2, 0.25) is 0 Å². The Kier molecular flexibility index (Phi) is 6.65. The first-order chi connectivity index (χ1) is 9.90. The molecule has 0 aliphatic rings. The molecule has 21 heavy (non-hydrogen) atoms. The minimum absolute atomic E-state index is 0.0641. The predicted octanol–water partition coefficient (Wildman–Crippen LogP) is 2.91. The lowest BCUT2D eigenvalue weighted by atomic mass is 10.0. The molecule has 0 saturated heterocycles. The van der Waals surface area contributed by atoms with E-state index < -0.39 is 4.92 Å². The Hall–Kier alpha value is -2.11. The smallest absolute Gasteiger partial charge is 0.310 e. The van der Waals surface area contributed by atoms with Gasteiger partial charge in [-0.15, -0.1) is 0 Å². The maximum atomic E-state index is 11.7. The third kappa shape index (κ3) is 6.25. The Balaban J connectivity index is 2.45. The second kappa shape index (κ2) is 8.24. The van der Waals surface area contributed by atoms with Crippen LogP contribution in [0.1, 0.15) is 33.6 Å². The fourth-order valence-electron chi connectivity index (χ4n) is 1.85. The molecule has 0 bridgehead atoms. The number of nitro benzene ring substituents is 1. The largest absolute Gasteiger partial charge is 0.477 e. The highest BCUT2D eigenvalue weighted by Gasteiger charge is 2.15. The summed E-state index contributed by atoms with van der Waals surface area (Å²) in [6, 6.07) is 6.07. The maximum Gasteiger partial charge on any atom is 0.310 e. The van der Waals surface area contributed by atoms with Crippen molar-refractivity contribution in [2.45, 2.75) is 39.7 Å². The van der Waals surface area contributed by atoms with Gasteiger partial charge >= 0.3 is 5.69 Å². The summed E-state index contributed by atoms with van der Waals surface area (Å²) in [7, 11) is 0. The molecular weight excluding hydrogens is 272 g/mol. The van der Waals surface area contributed by atoms with Crippen LogP contribution in [0.15, 0.2) is 24.3 Å². The van der Waals surface area contributed by atoms with E-state index in [1.54, 1.807) is 12.1 Å². The zero-order valence-corrected chi connectivity index (χ0v) is 12.7. The first kappa shape index (κ1) is 16.9. The number of carbonyl (C=O) groups excluding carboxylic acids is 1. The molecule has 1 aromatic rings. The molecule has 0 fully saturated rings. The third-order valence-corrected chi connectivity index (χ3v) is 3.01. The second-order valence-electron chi connectivity index (χ2n) is 5.45. The maximum absolute atomic E-state index is 11.7. The Morgan fingerprint density at radius 2 is 1.95 bits per heavy atom. The number of amides is 1. The number of hydrogen-bond donors (Lipinski definition) is 1. The van der Waals surface area contributed by atoms with E-state index in [-0.39, 0.29) is 30.0 Å². The average molecular weight is 294 g/mol. The van der Waals surface area contributed by atoms with Crippen LogP contribution in [-0.2, 0) is 4.79 Å². The van der Waals surface area contributed by atoms with Crippen molar-refractivity contribution in [3.05, 3.63) is 34.4 Å². The SMILES string of the molecule is CC(C)CCC(C)NC(=O)COc1ccccc1[N+](=O)[O-]. The molecule has 0 aromatic heterocycles. The lowest BCUT2D eigenvalue weighted by Gasteiger charge is -2.15. The number of ether oxygens (including phenoxy) is 1. The van der Waals surface area contributed by atoms with Gasteiger partial charge in [-0.3, -0.25) is 14.9 Å². The van der Waals surface area contributed by atoms with Crippen LogP contribution in [0.5, 0.6) is 5.75 Å². The van der Waals surface area contributed by atoms with Gasteiger partial charge in [0.2, 0.25) is 0 Å². The molecule has 116 valence electrons. The van der Waals surface area contributed by atoms with Gasteiger partial charge in [-0.2, -0.15) is 0 Å². The number of benzene rings is 1. The molecule has 1 aromatic carbocycles. The zero-order valence-electron chi connectivity index (χ0n) is 12.7. The topological polar surface area (TPSA) is 81.5 Å². The van der Waals surface area contributed by atoms with Crippen LogP contribution >= 0.6 is 0 Å². The quantitative estimate of drug-likeness (QED) is 0.590. The minimum Gasteiger partial charge on any atom is -0.477 e. The van der Waals surface area contributed by atoms with E-state index in [1.807, 2.05) is 6.92 Å². The van der Waals surface area contributed by atoms with Crippen molar-refractivity contribution in [1.82, 2.24) is 5.32 Å². The van der Waals surface area contributed by atoms with Gasteiger partial charge in [-0.1, -0.05) is 26.0 Å². The fraction of sp³-hybridized carbons (Fsp3) is 0.533. The number of hydrogen-bond acceptors (Lipinski definition) is 4. The Bertz CT molecular complexity index is 488. The van der Waals surface area contributed by atoms with E-state index in [2.05, 4.69) is 19.2 Å². The van der Waals surface area contributed by atoms with E-state index in [1.165, 1.54) is 12.1 Å². The van der Waals surface area contributed by atoms with E-state index >= 15 is 0 Å². The van der Waals surface area contributed by atoms with Gasteiger partial charge < -0.3 is 10.1 Å². The second-order valence-corrected chi connectivity index (χ2v) is 5.45. The van der Waals surface area contributed by atoms with Gasteiger partial charge in [-0.05, 0) is 31.7 Å². The predicted molar refractivity (Wildman–Crippen MR) is 80.3 cm³/mol. The number of carbonyl (C=O) groups is 1. The summed E-state index contributed by atoms with van der Waals surface area (Å²) in [4.78, 5) is 22.0. The van der Waals surface area contributed by atoms with Crippen molar-refractivity contribution >= 4 is 11.6 Å². The molecule has 6 heteroatoms. The molecule has 0 saturated carbocycles. The molecule has 1 rings (SSSR count). The van der Waals surface area contributed by atoms with Crippen molar-refractivity contribution in [1.29, 1.82) is 0 Å². The first-order valence-corrected chi connectivity index (χ1v) is 7.05. The van der Waals surface area contributed by atoms with Gasteiger partial charge in [0, 0.05) is 12.1 Å². The molecule has 6 nitrogen and oxygen atoms in total. The number of rotatable bonds is 8. The van der Waals surface area contributed by atoms with Crippen LogP contribution in [0, 0.1) is 16.0 Å². The fourth-order valence-corrected chi connectivity index (χ4v) is 1.85. The highest BCUT2D eigenvalue weighted by molar-refractivity contribution is 5.77. The number of nitrogens with one attached hydrogen (secondary N) is 1. The number of para-hydroxylation sites is 2. The van der Waals surface area contributed by atoms with Crippen LogP contribution in [0.25, 0.3) is 0 Å². The summed E-state index contributed by atoms with van der Waals surface area (Å²) < 4.78 is 5.23. The molecular formula is C15H22N2O4. The highest BCUT2D eigenvalue weighted by Crippen LogP contribution is 2.25. The van der Waals surface area contributed by atoms with Crippen molar-refractivity contribution < 1.29 is 14.5 Å². The Morgan fingerprint density at radius 3 is 2.57 bits per heavy atom. The molecule has 0 spiro atoms. The summed E-state index contributed by atoms with van der Waals surface area (Å²) >= 11 is 0. The molecule has 0 aliphatic carbocycles. The molecule has 1 unspecified atom stereocenters. The number of nitrogens with zero attached hydrogens (tertiary/aromatic N) is 1. The van der Waals surface area contributed by atoms with E-state index in [9.17, 15) is 14.9 Å². The van der Waals surface area contributed by atoms with E-state index in [4.69, 9.17) is 4.74 Å². The van der Waals surface area contributed by atoms with Gasteiger partial charge in [0.25, 0.3) is 5.91 Å².